The fourth-order valence-electron chi connectivity index (χ4n) is 2.18. The van der Waals surface area contributed by atoms with E-state index in [2.05, 4.69) is 4.98 Å². The number of pyridine rings is 1. The summed E-state index contributed by atoms with van der Waals surface area (Å²) in [6.07, 6.45) is 3.66. The zero-order valence-electron chi connectivity index (χ0n) is 10.1. The third-order valence-electron chi connectivity index (χ3n) is 3.53. The molecule has 0 spiro atoms. The van der Waals surface area contributed by atoms with Crippen LogP contribution in [0.1, 0.15) is 31.0 Å². The van der Waals surface area contributed by atoms with Gasteiger partial charge >= 0.3 is 0 Å². The molecule has 0 N–H and O–H groups in total. The van der Waals surface area contributed by atoms with Gasteiger partial charge in [0.1, 0.15) is 5.65 Å². The van der Waals surface area contributed by atoms with E-state index in [0.29, 0.717) is 11.3 Å². The van der Waals surface area contributed by atoms with Crippen LogP contribution in [0.15, 0.2) is 23.4 Å². The second-order valence-corrected chi connectivity index (χ2v) is 7.68. The summed E-state index contributed by atoms with van der Waals surface area (Å²) in [4.78, 5) is 4.45. The molecule has 1 aliphatic carbocycles. The maximum absolute atomic E-state index is 11.8. The molecule has 1 saturated carbocycles. The van der Waals surface area contributed by atoms with Crippen LogP contribution >= 0.6 is 10.7 Å². The van der Waals surface area contributed by atoms with Crippen molar-refractivity contribution in [2.24, 2.45) is 0 Å². The van der Waals surface area contributed by atoms with E-state index in [1.54, 1.807) is 10.6 Å². The van der Waals surface area contributed by atoms with Gasteiger partial charge in [-0.05, 0) is 31.4 Å². The van der Waals surface area contributed by atoms with E-state index in [9.17, 15) is 8.42 Å². The van der Waals surface area contributed by atoms with Crippen molar-refractivity contribution in [3.63, 3.8) is 0 Å². The van der Waals surface area contributed by atoms with Crippen LogP contribution in [0.3, 0.4) is 0 Å². The van der Waals surface area contributed by atoms with Gasteiger partial charge in [-0.2, -0.15) is 0 Å². The van der Waals surface area contributed by atoms with Gasteiger partial charge < -0.3 is 0 Å². The maximum atomic E-state index is 11.8. The van der Waals surface area contributed by atoms with Gasteiger partial charge in [-0.15, -0.1) is 0 Å². The Morgan fingerprint density at radius 3 is 2.61 bits per heavy atom. The fourth-order valence-corrected chi connectivity index (χ4v) is 3.53. The van der Waals surface area contributed by atoms with Crippen molar-refractivity contribution in [1.82, 2.24) is 9.38 Å². The van der Waals surface area contributed by atoms with Crippen molar-refractivity contribution in [2.45, 2.75) is 37.1 Å². The van der Waals surface area contributed by atoms with Crippen LogP contribution in [0.5, 0.6) is 0 Å². The number of fused-ring (bicyclic) bond motifs is 1. The molecule has 6 heteroatoms. The molecule has 0 amide bonds. The van der Waals surface area contributed by atoms with Crippen molar-refractivity contribution < 1.29 is 8.42 Å². The molecule has 2 aromatic rings. The average Bonchev–Trinajstić information content (AvgIpc) is 2.88. The molecule has 0 aliphatic heterocycles. The van der Waals surface area contributed by atoms with Gasteiger partial charge in [0.05, 0.1) is 5.69 Å². The highest BCUT2D eigenvalue weighted by molar-refractivity contribution is 8.13. The Labute approximate surface area is 110 Å². The summed E-state index contributed by atoms with van der Waals surface area (Å²) in [6.45, 7) is 3.93. The Hall–Kier alpha value is -1.07. The van der Waals surface area contributed by atoms with Crippen LogP contribution in [0.25, 0.3) is 5.65 Å². The third-order valence-corrected chi connectivity index (χ3v) is 4.82. The Morgan fingerprint density at radius 2 is 2.06 bits per heavy atom. The largest absolute Gasteiger partial charge is 0.289 e. The molecule has 0 unspecified atom stereocenters. The average molecular weight is 285 g/mol. The molecule has 0 radical (unpaired) electrons. The molecule has 1 aliphatic rings. The minimum atomic E-state index is -3.80. The monoisotopic (exact) mass is 284 g/mol. The summed E-state index contributed by atoms with van der Waals surface area (Å²) in [5, 5.41) is 0.128. The number of aryl methyl sites for hydroxylation is 1. The molecule has 0 aromatic carbocycles. The lowest BCUT2D eigenvalue weighted by atomic mass is 10.1. The molecular formula is C12H13ClN2O2S. The van der Waals surface area contributed by atoms with Gasteiger partial charge in [0.25, 0.3) is 9.05 Å². The molecule has 0 bridgehead atoms. The summed E-state index contributed by atoms with van der Waals surface area (Å²) in [6, 6.07) is 3.72. The first-order valence-electron chi connectivity index (χ1n) is 5.75. The van der Waals surface area contributed by atoms with Crippen LogP contribution in [-0.4, -0.2) is 17.8 Å². The van der Waals surface area contributed by atoms with Gasteiger partial charge in [0.15, 0.2) is 5.03 Å². The standard InChI is InChI=1S/C12H13ClN2O2S/c1-8-3-4-9-14-10(12(2)5-6-12)11(15(9)7-8)18(13,16)17/h3-4,7H,5-6H2,1-2H3. The molecule has 2 heterocycles. The Kier molecular flexibility index (Phi) is 2.32. The summed E-state index contributed by atoms with van der Waals surface area (Å²) in [5.74, 6) is 0. The topological polar surface area (TPSA) is 51.4 Å². The number of hydrogen-bond acceptors (Lipinski definition) is 3. The lowest BCUT2D eigenvalue weighted by Gasteiger charge is -2.06. The van der Waals surface area contributed by atoms with E-state index in [-0.39, 0.29) is 10.4 Å². The minimum Gasteiger partial charge on any atom is -0.289 e. The highest BCUT2D eigenvalue weighted by Crippen LogP contribution is 2.49. The van der Waals surface area contributed by atoms with Crippen LogP contribution in [0.4, 0.5) is 0 Å². The molecule has 0 saturated heterocycles. The first-order chi connectivity index (χ1) is 8.31. The second kappa shape index (κ2) is 3.48. The van der Waals surface area contributed by atoms with Crippen LogP contribution in [0.2, 0.25) is 0 Å². The van der Waals surface area contributed by atoms with Gasteiger partial charge in [-0.25, -0.2) is 13.4 Å². The quantitative estimate of drug-likeness (QED) is 0.797. The smallest absolute Gasteiger partial charge is 0.279 e. The minimum absolute atomic E-state index is 0.128. The first kappa shape index (κ1) is 12.0. The summed E-state index contributed by atoms with van der Waals surface area (Å²) in [5.41, 5.74) is 2.05. The Morgan fingerprint density at radius 1 is 1.39 bits per heavy atom. The predicted molar refractivity (Wildman–Crippen MR) is 69.6 cm³/mol. The zero-order chi connectivity index (χ0) is 13.1. The van der Waals surface area contributed by atoms with Crippen molar-refractivity contribution in [3.8, 4) is 0 Å². The van der Waals surface area contributed by atoms with E-state index < -0.39 is 9.05 Å². The number of imidazole rings is 1. The number of rotatable bonds is 2. The zero-order valence-corrected chi connectivity index (χ0v) is 11.7. The van der Waals surface area contributed by atoms with Crippen LogP contribution in [-0.2, 0) is 14.5 Å². The number of hydrogen-bond donors (Lipinski definition) is 0. The molecule has 4 nitrogen and oxygen atoms in total. The lowest BCUT2D eigenvalue weighted by molar-refractivity contribution is 0.599. The normalized spacial score (nSPS) is 18.2. The van der Waals surface area contributed by atoms with E-state index in [1.807, 2.05) is 26.0 Å². The third kappa shape index (κ3) is 1.73. The van der Waals surface area contributed by atoms with Gasteiger partial charge in [0.2, 0.25) is 0 Å². The first-order valence-corrected chi connectivity index (χ1v) is 8.06. The van der Waals surface area contributed by atoms with Crippen molar-refractivity contribution in [3.05, 3.63) is 29.6 Å². The second-order valence-electron chi connectivity index (χ2n) is 5.20. The van der Waals surface area contributed by atoms with Gasteiger partial charge in [0, 0.05) is 22.3 Å². The van der Waals surface area contributed by atoms with E-state index in [1.165, 1.54) is 0 Å². The van der Waals surface area contributed by atoms with Crippen molar-refractivity contribution in [1.29, 1.82) is 0 Å². The molecule has 18 heavy (non-hydrogen) atoms. The Bertz CT molecular complexity index is 745. The highest BCUT2D eigenvalue weighted by Gasteiger charge is 2.45. The molecule has 1 fully saturated rings. The van der Waals surface area contributed by atoms with Crippen LogP contribution < -0.4 is 0 Å². The fraction of sp³-hybridized carbons (Fsp3) is 0.417. The highest BCUT2D eigenvalue weighted by atomic mass is 35.7. The predicted octanol–water partition coefficient (Wildman–Crippen LogP) is 2.62. The van der Waals surface area contributed by atoms with E-state index >= 15 is 0 Å². The number of halogens is 1. The molecule has 2 aromatic heterocycles. The number of aromatic nitrogens is 2. The molecular weight excluding hydrogens is 272 g/mol. The van der Waals surface area contributed by atoms with E-state index in [4.69, 9.17) is 10.7 Å². The van der Waals surface area contributed by atoms with Crippen LogP contribution in [0, 0.1) is 6.92 Å². The maximum Gasteiger partial charge on any atom is 0.279 e. The molecule has 0 atom stereocenters. The number of nitrogens with zero attached hydrogens (tertiary/aromatic N) is 2. The van der Waals surface area contributed by atoms with Gasteiger partial charge in [-0.3, -0.25) is 4.40 Å². The molecule has 96 valence electrons. The summed E-state index contributed by atoms with van der Waals surface area (Å²) in [7, 11) is 1.78. The summed E-state index contributed by atoms with van der Waals surface area (Å²) >= 11 is 0. The Balaban J connectivity index is 2.43. The van der Waals surface area contributed by atoms with E-state index in [0.717, 1.165) is 18.4 Å². The van der Waals surface area contributed by atoms with Crippen molar-refractivity contribution >= 4 is 25.4 Å². The summed E-state index contributed by atoms with van der Waals surface area (Å²) < 4.78 is 25.2. The van der Waals surface area contributed by atoms with Crippen molar-refractivity contribution in [2.75, 3.05) is 0 Å². The van der Waals surface area contributed by atoms with Gasteiger partial charge in [-0.1, -0.05) is 13.0 Å². The lowest BCUT2D eigenvalue weighted by Crippen LogP contribution is -2.08. The SMILES string of the molecule is Cc1ccc2nc(C3(C)CC3)c(S(=O)(=O)Cl)n2c1. The molecule has 3 rings (SSSR count).